The van der Waals surface area contributed by atoms with Gasteiger partial charge in [0.1, 0.15) is 0 Å². The topological polar surface area (TPSA) is 24.5 Å². The van der Waals surface area contributed by atoms with Crippen LogP contribution in [0.5, 0.6) is 0 Å². The van der Waals surface area contributed by atoms with Crippen LogP contribution in [0.3, 0.4) is 0 Å². The Bertz CT molecular complexity index is 429. The molecule has 2 fully saturated rings. The van der Waals surface area contributed by atoms with E-state index in [1.54, 1.807) is 0 Å². The van der Waals surface area contributed by atoms with Crippen LogP contribution >= 0.6 is 15.9 Å². The standard InChI is InChI=1S/C16H23BrN2O/c1-12-2-4-13(5-3-12)11-19-8-6-14(7-9-19)15-10-16(17)18-20-15/h2-5,14-16,18H,6-11H2,1H3. The third-order valence-electron chi connectivity index (χ3n) is 4.47. The molecule has 20 heavy (non-hydrogen) atoms. The number of rotatable bonds is 3. The molecule has 1 aromatic rings. The van der Waals surface area contributed by atoms with Gasteiger partial charge in [-0.1, -0.05) is 45.8 Å². The zero-order valence-electron chi connectivity index (χ0n) is 12.0. The molecule has 2 atom stereocenters. The van der Waals surface area contributed by atoms with E-state index in [-0.39, 0.29) is 0 Å². The van der Waals surface area contributed by atoms with Crippen molar-refractivity contribution >= 4 is 15.9 Å². The van der Waals surface area contributed by atoms with Crippen LogP contribution in [-0.2, 0) is 11.4 Å². The van der Waals surface area contributed by atoms with Gasteiger partial charge in [-0.05, 0) is 44.3 Å². The Morgan fingerprint density at radius 3 is 2.55 bits per heavy atom. The highest BCUT2D eigenvalue weighted by molar-refractivity contribution is 9.09. The molecule has 0 radical (unpaired) electrons. The van der Waals surface area contributed by atoms with E-state index < -0.39 is 0 Å². The number of nitrogens with one attached hydrogen (secondary N) is 1. The van der Waals surface area contributed by atoms with Gasteiger partial charge in [0.05, 0.1) is 11.1 Å². The molecule has 2 heterocycles. The molecule has 2 aliphatic heterocycles. The Morgan fingerprint density at radius 2 is 1.95 bits per heavy atom. The lowest BCUT2D eigenvalue weighted by Gasteiger charge is -2.34. The number of nitrogens with zero attached hydrogens (tertiary/aromatic N) is 1. The van der Waals surface area contributed by atoms with E-state index in [1.165, 1.54) is 37.1 Å². The Hall–Kier alpha value is -0.420. The molecule has 0 aliphatic carbocycles. The minimum Gasteiger partial charge on any atom is -0.299 e. The number of hydrogen-bond donors (Lipinski definition) is 1. The van der Waals surface area contributed by atoms with Crippen LogP contribution in [0.25, 0.3) is 0 Å². The lowest BCUT2D eigenvalue weighted by Crippen LogP contribution is -2.37. The summed E-state index contributed by atoms with van der Waals surface area (Å²) in [6.45, 7) is 5.59. The Kier molecular flexibility index (Phi) is 4.76. The van der Waals surface area contributed by atoms with Crippen LogP contribution in [0.2, 0.25) is 0 Å². The first kappa shape index (κ1) is 14.5. The number of hydroxylamine groups is 1. The normalized spacial score (nSPS) is 28.9. The lowest BCUT2D eigenvalue weighted by molar-refractivity contribution is -0.0195. The SMILES string of the molecule is Cc1ccc(CN2CCC(C3CC(Br)NO3)CC2)cc1. The summed E-state index contributed by atoms with van der Waals surface area (Å²) in [4.78, 5) is 8.55. The van der Waals surface area contributed by atoms with Gasteiger partial charge in [0.25, 0.3) is 0 Å². The van der Waals surface area contributed by atoms with Gasteiger partial charge >= 0.3 is 0 Å². The summed E-state index contributed by atoms with van der Waals surface area (Å²) in [6.07, 6.45) is 3.97. The van der Waals surface area contributed by atoms with Crippen molar-refractivity contribution in [2.75, 3.05) is 13.1 Å². The second-order valence-corrected chi connectivity index (χ2v) is 7.18. The number of alkyl halides is 1. The molecule has 3 nitrogen and oxygen atoms in total. The zero-order chi connectivity index (χ0) is 13.9. The van der Waals surface area contributed by atoms with Crippen molar-refractivity contribution in [3.8, 4) is 0 Å². The Labute approximate surface area is 129 Å². The molecule has 4 heteroatoms. The van der Waals surface area contributed by atoms with Gasteiger partial charge in [-0.25, -0.2) is 0 Å². The number of benzene rings is 1. The average molecular weight is 339 g/mol. The minimum atomic E-state index is 0.332. The van der Waals surface area contributed by atoms with Crippen LogP contribution in [0.15, 0.2) is 24.3 Å². The first-order valence-corrected chi connectivity index (χ1v) is 8.45. The molecule has 1 N–H and O–H groups in total. The largest absolute Gasteiger partial charge is 0.299 e. The number of likely N-dealkylation sites (tertiary alicyclic amines) is 1. The van der Waals surface area contributed by atoms with Gasteiger partial charge in [-0.2, -0.15) is 5.48 Å². The molecule has 2 aliphatic rings. The summed E-state index contributed by atoms with van der Waals surface area (Å²) in [7, 11) is 0. The molecule has 0 saturated carbocycles. The summed E-state index contributed by atoms with van der Waals surface area (Å²) in [5.74, 6) is 0.708. The molecular formula is C16H23BrN2O. The first-order chi connectivity index (χ1) is 9.70. The maximum absolute atomic E-state index is 5.66. The zero-order valence-corrected chi connectivity index (χ0v) is 13.6. The van der Waals surface area contributed by atoms with Crippen molar-refractivity contribution in [2.45, 2.75) is 43.8 Å². The highest BCUT2D eigenvalue weighted by atomic mass is 79.9. The molecule has 2 saturated heterocycles. The Morgan fingerprint density at radius 1 is 1.25 bits per heavy atom. The van der Waals surface area contributed by atoms with Crippen LogP contribution < -0.4 is 5.48 Å². The predicted octanol–water partition coefficient (Wildman–Crippen LogP) is 3.22. The van der Waals surface area contributed by atoms with Gasteiger partial charge in [0.2, 0.25) is 0 Å². The average Bonchev–Trinajstić information content (AvgIpc) is 2.89. The van der Waals surface area contributed by atoms with Gasteiger partial charge in [0.15, 0.2) is 0 Å². The number of halogens is 1. The molecule has 0 aromatic heterocycles. The van der Waals surface area contributed by atoms with E-state index in [2.05, 4.69) is 57.5 Å². The second kappa shape index (κ2) is 6.56. The fourth-order valence-electron chi connectivity index (χ4n) is 3.18. The van der Waals surface area contributed by atoms with Crippen molar-refractivity contribution in [1.29, 1.82) is 0 Å². The molecule has 0 spiro atoms. The van der Waals surface area contributed by atoms with Crippen LogP contribution in [0, 0.1) is 12.8 Å². The molecule has 110 valence electrons. The molecule has 0 bridgehead atoms. The highest BCUT2D eigenvalue weighted by Crippen LogP contribution is 2.29. The van der Waals surface area contributed by atoms with Crippen molar-refractivity contribution in [2.24, 2.45) is 5.92 Å². The molecular weight excluding hydrogens is 316 g/mol. The van der Waals surface area contributed by atoms with Gasteiger partial charge in [0, 0.05) is 13.0 Å². The Balaban J connectivity index is 1.47. The van der Waals surface area contributed by atoms with Crippen molar-refractivity contribution < 1.29 is 4.84 Å². The summed E-state index contributed by atoms with van der Waals surface area (Å²) in [6, 6.07) is 8.91. The monoisotopic (exact) mass is 338 g/mol. The smallest absolute Gasteiger partial charge is 0.0897 e. The summed E-state index contributed by atoms with van der Waals surface area (Å²) >= 11 is 3.56. The molecule has 0 amide bonds. The van der Waals surface area contributed by atoms with Crippen molar-refractivity contribution in [1.82, 2.24) is 10.4 Å². The van der Waals surface area contributed by atoms with E-state index in [0.717, 1.165) is 13.0 Å². The number of piperidine rings is 1. The first-order valence-electron chi connectivity index (χ1n) is 7.54. The summed E-state index contributed by atoms with van der Waals surface area (Å²) in [5, 5.41) is 0. The van der Waals surface area contributed by atoms with Crippen molar-refractivity contribution in [3.63, 3.8) is 0 Å². The van der Waals surface area contributed by atoms with E-state index in [4.69, 9.17) is 4.84 Å². The maximum Gasteiger partial charge on any atom is 0.0897 e. The number of aryl methyl sites for hydroxylation is 1. The summed E-state index contributed by atoms with van der Waals surface area (Å²) < 4.78 is 0. The third-order valence-corrected chi connectivity index (χ3v) is 5.03. The molecule has 2 unspecified atom stereocenters. The molecule has 1 aromatic carbocycles. The lowest BCUT2D eigenvalue weighted by atomic mass is 9.90. The predicted molar refractivity (Wildman–Crippen MR) is 84.5 cm³/mol. The van der Waals surface area contributed by atoms with Gasteiger partial charge in [-0.3, -0.25) is 9.74 Å². The highest BCUT2D eigenvalue weighted by Gasteiger charge is 2.32. The van der Waals surface area contributed by atoms with Crippen LogP contribution in [0.1, 0.15) is 30.4 Å². The quantitative estimate of drug-likeness (QED) is 0.676. The van der Waals surface area contributed by atoms with Crippen LogP contribution in [-0.4, -0.2) is 29.0 Å². The second-order valence-electron chi connectivity index (χ2n) is 6.08. The molecule has 3 rings (SSSR count). The number of hydrogen-bond acceptors (Lipinski definition) is 3. The van der Waals surface area contributed by atoms with Crippen molar-refractivity contribution in [3.05, 3.63) is 35.4 Å². The fourth-order valence-corrected chi connectivity index (χ4v) is 3.66. The van der Waals surface area contributed by atoms with Gasteiger partial charge in [-0.15, -0.1) is 0 Å². The fraction of sp³-hybridized carbons (Fsp3) is 0.625. The van der Waals surface area contributed by atoms with E-state index in [0.29, 0.717) is 17.0 Å². The van der Waals surface area contributed by atoms with E-state index in [9.17, 15) is 0 Å². The maximum atomic E-state index is 5.66. The van der Waals surface area contributed by atoms with E-state index in [1.807, 2.05) is 0 Å². The van der Waals surface area contributed by atoms with Crippen LogP contribution in [0.4, 0.5) is 0 Å². The summed E-state index contributed by atoms with van der Waals surface area (Å²) in [5.41, 5.74) is 5.79. The van der Waals surface area contributed by atoms with Gasteiger partial charge < -0.3 is 0 Å². The third kappa shape index (κ3) is 3.61. The van der Waals surface area contributed by atoms with E-state index >= 15 is 0 Å². The minimum absolute atomic E-state index is 0.332.